The molecule has 0 unspecified atom stereocenters. The molecule has 1 N–H and O–H groups in total. The van der Waals surface area contributed by atoms with Gasteiger partial charge in [-0.2, -0.15) is 0 Å². The van der Waals surface area contributed by atoms with Crippen molar-refractivity contribution in [2.24, 2.45) is 11.8 Å². The Morgan fingerprint density at radius 2 is 1.78 bits per heavy atom. The van der Waals surface area contributed by atoms with Crippen molar-refractivity contribution in [1.82, 2.24) is 14.7 Å². The molecule has 27 heavy (non-hydrogen) atoms. The van der Waals surface area contributed by atoms with E-state index in [1.807, 2.05) is 0 Å². The molecule has 1 aromatic rings. The number of carbonyl (C=O) groups is 1. The Hall–Kier alpha value is -1.57. The van der Waals surface area contributed by atoms with Crippen LogP contribution in [0.4, 0.5) is 8.78 Å². The summed E-state index contributed by atoms with van der Waals surface area (Å²) in [7, 11) is 2.11. The van der Waals surface area contributed by atoms with E-state index in [0.717, 1.165) is 57.3 Å². The molecule has 0 aromatic heterocycles. The van der Waals surface area contributed by atoms with Crippen LogP contribution in [-0.2, 0) is 0 Å². The van der Waals surface area contributed by atoms with E-state index < -0.39 is 17.5 Å². The fourth-order valence-corrected chi connectivity index (χ4v) is 4.41. The molecule has 2 saturated heterocycles. The van der Waals surface area contributed by atoms with Crippen LogP contribution in [0.25, 0.3) is 0 Å². The first-order valence-corrected chi connectivity index (χ1v) is 9.71. The summed E-state index contributed by atoms with van der Waals surface area (Å²) in [6.45, 7) is 7.27. The van der Waals surface area contributed by atoms with Crippen molar-refractivity contribution in [3.63, 3.8) is 0 Å². The van der Waals surface area contributed by atoms with Gasteiger partial charge in [0.2, 0.25) is 0 Å². The van der Waals surface area contributed by atoms with Gasteiger partial charge in [-0.25, -0.2) is 8.78 Å². The summed E-state index contributed by atoms with van der Waals surface area (Å²) in [6.07, 6.45) is 0.899. The number of aliphatic hydroxyl groups excluding tert-OH is 1. The van der Waals surface area contributed by atoms with E-state index in [2.05, 4.69) is 23.8 Å². The average molecular weight is 381 g/mol. The van der Waals surface area contributed by atoms with Gasteiger partial charge in [-0.3, -0.25) is 4.79 Å². The third-order valence-corrected chi connectivity index (χ3v) is 6.08. The molecule has 3 atom stereocenters. The third kappa shape index (κ3) is 4.47. The topological polar surface area (TPSA) is 47.0 Å². The Bertz CT molecular complexity index is 644. The molecule has 0 spiro atoms. The van der Waals surface area contributed by atoms with Crippen LogP contribution in [0.2, 0.25) is 0 Å². The van der Waals surface area contributed by atoms with Gasteiger partial charge in [0.05, 0.1) is 12.6 Å². The summed E-state index contributed by atoms with van der Waals surface area (Å²) in [5, 5.41) is 10.0. The molecule has 2 aliphatic rings. The molecule has 3 rings (SSSR count). The Kier molecular flexibility index (Phi) is 6.44. The number of nitrogens with zero attached hydrogens (tertiary/aromatic N) is 3. The normalized spacial score (nSPS) is 27.3. The minimum atomic E-state index is -0.765. The Labute approximate surface area is 159 Å². The van der Waals surface area contributed by atoms with Crippen molar-refractivity contribution in [3.05, 3.63) is 35.4 Å². The fourth-order valence-electron chi connectivity index (χ4n) is 4.41. The van der Waals surface area contributed by atoms with Crippen LogP contribution in [0.15, 0.2) is 18.2 Å². The second-order valence-corrected chi connectivity index (χ2v) is 7.80. The van der Waals surface area contributed by atoms with Crippen molar-refractivity contribution >= 4 is 5.91 Å². The molecular weight excluding hydrogens is 352 g/mol. The number of likely N-dealkylation sites (N-methyl/N-ethyl adjacent to an activating group) is 1. The quantitative estimate of drug-likeness (QED) is 0.843. The van der Waals surface area contributed by atoms with Crippen molar-refractivity contribution in [3.8, 4) is 0 Å². The van der Waals surface area contributed by atoms with Gasteiger partial charge >= 0.3 is 0 Å². The second-order valence-electron chi connectivity index (χ2n) is 7.80. The number of likely N-dealkylation sites (tertiary alicyclic amines) is 1. The van der Waals surface area contributed by atoms with E-state index in [4.69, 9.17) is 0 Å². The monoisotopic (exact) mass is 381 g/mol. The van der Waals surface area contributed by atoms with Crippen LogP contribution in [0, 0.1) is 23.5 Å². The van der Waals surface area contributed by atoms with Gasteiger partial charge in [-0.15, -0.1) is 0 Å². The molecule has 150 valence electrons. The van der Waals surface area contributed by atoms with Gasteiger partial charge < -0.3 is 19.8 Å². The highest BCUT2D eigenvalue weighted by Crippen LogP contribution is 2.34. The molecule has 5 nitrogen and oxygen atoms in total. The summed E-state index contributed by atoms with van der Waals surface area (Å²) in [6, 6.07) is 2.56. The second kappa shape index (κ2) is 8.63. The lowest BCUT2D eigenvalue weighted by Crippen LogP contribution is -2.49. The van der Waals surface area contributed by atoms with E-state index in [-0.39, 0.29) is 30.0 Å². The Balaban J connectivity index is 1.77. The molecule has 2 fully saturated rings. The number of hydrogen-bond acceptors (Lipinski definition) is 4. The van der Waals surface area contributed by atoms with E-state index in [9.17, 15) is 18.7 Å². The molecule has 1 amide bonds. The largest absolute Gasteiger partial charge is 0.394 e. The minimum Gasteiger partial charge on any atom is -0.394 e. The summed E-state index contributed by atoms with van der Waals surface area (Å²) >= 11 is 0. The molecule has 2 aliphatic heterocycles. The molecule has 0 aliphatic carbocycles. The molecule has 7 heteroatoms. The fraction of sp³-hybridized carbons (Fsp3) is 0.650. The van der Waals surface area contributed by atoms with Crippen molar-refractivity contribution in [2.45, 2.75) is 19.4 Å². The molecule has 0 bridgehead atoms. The highest BCUT2D eigenvalue weighted by molar-refractivity contribution is 5.94. The first kappa shape index (κ1) is 20.2. The maximum Gasteiger partial charge on any atom is 0.254 e. The molecular formula is C20H29F2N3O2. The molecule has 0 radical (unpaired) electrons. The zero-order chi connectivity index (χ0) is 19.6. The zero-order valence-corrected chi connectivity index (χ0v) is 16.1. The first-order chi connectivity index (χ1) is 12.9. The van der Waals surface area contributed by atoms with E-state index in [1.54, 1.807) is 4.90 Å². The standard InChI is InChI=1S/C20H29F2N3O2/c1-3-14-11-25(20(27)15-8-16(21)10-17(22)9-15)19(13-26)18(14)12-24-6-4-23(2)5-7-24/h8-10,14,18-19,26H,3-7,11-13H2,1-2H3/t14-,18-,19-/m1/s1. The zero-order valence-electron chi connectivity index (χ0n) is 16.1. The number of halogens is 2. The van der Waals surface area contributed by atoms with Crippen LogP contribution in [-0.4, -0.2) is 84.7 Å². The van der Waals surface area contributed by atoms with Crippen LogP contribution in [0.3, 0.4) is 0 Å². The number of benzene rings is 1. The van der Waals surface area contributed by atoms with E-state index in [1.165, 1.54) is 0 Å². The van der Waals surface area contributed by atoms with Gasteiger partial charge in [0.25, 0.3) is 5.91 Å². The lowest BCUT2D eigenvalue weighted by Gasteiger charge is -2.36. The number of carbonyl (C=O) groups excluding carboxylic acids is 1. The van der Waals surface area contributed by atoms with Gasteiger partial charge in [0.15, 0.2) is 0 Å². The van der Waals surface area contributed by atoms with Crippen LogP contribution in [0.1, 0.15) is 23.7 Å². The maximum atomic E-state index is 13.5. The van der Waals surface area contributed by atoms with Crippen LogP contribution < -0.4 is 0 Å². The van der Waals surface area contributed by atoms with Gasteiger partial charge in [0.1, 0.15) is 11.6 Å². The number of hydrogen-bond donors (Lipinski definition) is 1. The van der Waals surface area contributed by atoms with Crippen molar-refractivity contribution in [1.29, 1.82) is 0 Å². The van der Waals surface area contributed by atoms with Crippen LogP contribution >= 0.6 is 0 Å². The SMILES string of the molecule is CC[C@@H]1CN(C(=O)c2cc(F)cc(F)c2)[C@H](CO)[C@@H]1CN1CCN(C)CC1. The number of piperazine rings is 1. The lowest BCUT2D eigenvalue weighted by molar-refractivity contribution is 0.0590. The predicted molar refractivity (Wildman–Crippen MR) is 99.5 cm³/mol. The highest BCUT2D eigenvalue weighted by atomic mass is 19.1. The predicted octanol–water partition coefficient (Wildman–Crippen LogP) is 1.67. The number of rotatable bonds is 5. The van der Waals surface area contributed by atoms with Crippen LogP contribution in [0.5, 0.6) is 0 Å². The maximum absolute atomic E-state index is 13.5. The molecule has 2 heterocycles. The van der Waals surface area contributed by atoms with E-state index in [0.29, 0.717) is 6.54 Å². The summed E-state index contributed by atoms with van der Waals surface area (Å²) in [5.74, 6) is -1.51. The molecule has 1 aromatic carbocycles. The van der Waals surface area contributed by atoms with Crippen molar-refractivity contribution < 1.29 is 18.7 Å². The van der Waals surface area contributed by atoms with E-state index >= 15 is 0 Å². The third-order valence-electron chi connectivity index (χ3n) is 6.08. The van der Waals surface area contributed by atoms with Gasteiger partial charge in [0, 0.05) is 50.9 Å². The highest BCUT2D eigenvalue weighted by Gasteiger charge is 2.43. The lowest BCUT2D eigenvalue weighted by atomic mass is 9.88. The Morgan fingerprint density at radius 3 is 2.33 bits per heavy atom. The summed E-state index contributed by atoms with van der Waals surface area (Å²) < 4.78 is 27.1. The average Bonchev–Trinajstić information content (AvgIpc) is 2.99. The van der Waals surface area contributed by atoms with Gasteiger partial charge in [-0.1, -0.05) is 13.3 Å². The number of aliphatic hydroxyl groups is 1. The summed E-state index contributed by atoms with van der Waals surface area (Å²) in [4.78, 5) is 19.2. The number of amides is 1. The van der Waals surface area contributed by atoms with Gasteiger partial charge in [-0.05, 0) is 31.0 Å². The smallest absolute Gasteiger partial charge is 0.254 e. The first-order valence-electron chi connectivity index (χ1n) is 9.71. The minimum absolute atomic E-state index is 0.000973. The molecule has 0 saturated carbocycles. The van der Waals surface area contributed by atoms with Crippen molar-refractivity contribution in [2.75, 3.05) is 52.9 Å². The summed E-state index contributed by atoms with van der Waals surface area (Å²) in [5.41, 5.74) is 0.000973. The Morgan fingerprint density at radius 1 is 1.15 bits per heavy atom.